The molecule has 0 fully saturated rings. The van der Waals surface area contributed by atoms with Crippen LogP contribution in [-0.4, -0.2) is 0 Å². The van der Waals surface area contributed by atoms with Gasteiger partial charge in [-0.1, -0.05) is 85.0 Å². The summed E-state index contributed by atoms with van der Waals surface area (Å²) in [7, 11) is 0. The lowest BCUT2D eigenvalue weighted by molar-refractivity contribution is 1.50. The third kappa shape index (κ3) is 3.58. The molecule has 41 heavy (non-hydrogen) atoms. The summed E-state index contributed by atoms with van der Waals surface area (Å²) >= 11 is 3.79. The van der Waals surface area contributed by atoms with Crippen molar-refractivity contribution in [2.24, 2.45) is 0 Å². The Bertz CT molecular complexity index is 2460. The lowest BCUT2D eigenvalue weighted by Crippen LogP contribution is -1.94. The maximum Gasteiger partial charge on any atom is 0.0361 e. The molecule has 196 valence electrons. The van der Waals surface area contributed by atoms with Gasteiger partial charge in [0.1, 0.15) is 0 Å². The van der Waals surface area contributed by atoms with Gasteiger partial charge in [0.15, 0.2) is 0 Å². The van der Waals surface area contributed by atoms with Gasteiger partial charge < -0.3 is 0 Å². The van der Waals surface area contributed by atoms with Crippen molar-refractivity contribution in [1.82, 2.24) is 0 Å². The first-order valence-corrected chi connectivity index (χ1v) is 15.7. The molecule has 2 heteroatoms. The second kappa shape index (κ2) is 9.14. The van der Waals surface area contributed by atoms with E-state index >= 15 is 0 Å². The molecule has 0 spiro atoms. The lowest BCUT2D eigenvalue weighted by atomic mass is 9.88. The molecule has 0 saturated heterocycles. The Balaban J connectivity index is 1.65. The summed E-state index contributed by atoms with van der Waals surface area (Å²) in [5, 5.41) is 14.6. The summed E-state index contributed by atoms with van der Waals surface area (Å²) in [4.78, 5) is 1.31. The van der Waals surface area contributed by atoms with Crippen molar-refractivity contribution >= 4 is 102 Å². The van der Waals surface area contributed by atoms with Gasteiger partial charge in [0.2, 0.25) is 0 Å². The van der Waals surface area contributed by atoms with Crippen molar-refractivity contribution in [3.8, 4) is 0 Å². The third-order valence-corrected chi connectivity index (χ3v) is 10.6. The molecule has 2 heterocycles. The van der Waals surface area contributed by atoms with Crippen molar-refractivity contribution in [2.45, 2.75) is 20.8 Å². The number of hydrogen-bond acceptors (Lipinski definition) is 2. The summed E-state index contributed by atoms with van der Waals surface area (Å²) < 4.78 is 3.99. The monoisotopic (exact) mass is 560 g/mol. The number of aryl methyl sites for hydroxylation is 1. The SMILES string of the molecule is C=C(/C=C(C)/C=C\C)c1c(C)sc2cccc3c2c1c1cccc2sc4ccc5cc6ccccc6cc5c4c3c21. The Morgan fingerprint density at radius 1 is 0.634 bits per heavy atom. The smallest absolute Gasteiger partial charge is 0.0361 e. The molecule has 0 aliphatic heterocycles. The van der Waals surface area contributed by atoms with Gasteiger partial charge in [-0.05, 0) is 89.0 Å². The second-order valence-electron chi connectivity index (χ2n) is 11.0. The molecule has 0 bridgehead atoms. The molecule has 8 rings (SSSR count). The predicted octanol–water partition coefficient (Wildman–Crippen LogP) is 12.7. The molecule has 0 saturated carbocycles. The van der Waals surface area contributed by atoms with Crippen molar-refractivity contribution < 1.29 is 0 Å². The molecule has 2 aromatic heterocycles. The van der Waals surface area contributed by atoms with Gasteiger partial charge >= 0.3 is 0 Å². The average molecular weight is 561 g/mol. The van der Waals surface area contributed by atoms with Gasteiger partial charge in [-0.15, -0.1) is 22.7 Å². The molecule has 0 aliphatic rings. The minimum atomic E-state index is 1.07. The quantitative estimate of drug-likeness (QED) is 0.114. The van der Waals surface area contributed by atoms with Gasteiger partial charge in [0.25, 0.3) is 0 Å². The molecule has 0 amide bonds. The second-order valence-corrected chi connectivity index (χ2v) is 13.4. The number of benzene rings is 6. The van der Waals surface area contributed by atoms with E-state index in [2.05, 4.69) is 131 Å². The van der Waals surface area contributed by atoms with Crippen LogP contribution in [0, 0.1) is 6.92 Å². The van der Waals surface area contributed by atoms with Crippen LogP contribution in [-0.2, 0) is 0 Å². The van der Waals surface area contributed by atoms with Crippen molar-refractivity contribution in [3.05, 3.63) is 126 Å². The van der Waals surface area contributed by atoms with Gasteiger partial charge in [-0.3, -0.25) is 0 Å². The highest BCUT2D eigenvalue weighted by atomic mass is 32.1. The summed E-state index contributed by atoms with van der Waals surface area (Å²) in [6, 6.07) is 31.8. The molecule has 0 unspecified atom stereocenters. The van der Waals surface area contributed by atoms with Gasteiger partial charge in [0, 0.05) is 51.5 Å². The third-order valence-electron chi connectivity index (χ3n) is 8.43. The van der Waals surface area contributed by atoms with E-state index in [0.29, 0.717) is 0 Å². The van der Waals surface area contributed by atoms with Gasteiger partial charge in [-0.2, -0.15) is 0 Å². The minimum absolute atomic E-state index is 1.07. The number of hydrogen-bond donors (Lipinski definition) is 0. The standard InChI is InChI=1S/C39H28S2/c1-5-10-22(2)19-23(3)34-24(4)40-31-15-8-14-29-35(31)38(34)28-13-9-16-32-36(28)39(29)37-30-21-26-12-7-6-11-25(26)20-27(30)17-18-33(37)41-32/h5-21H,3H2,1-2,4H3/b10-5-,22-19+. The Kier molecular flexibility index (Phi) is 5.47. The fraction of sp³-hybridized carbons (Fsp3) is 0.0769. The first-order chi connectivity index (χ1) is 20.0. The van der Waals surface area contributed by atoms with Crippen LogP contribution in [0.2, 0.25) is 0 Å². The van der Waals surface area contributed by atoms with Crippen LogP contribution < -0.4 is 0 Å². The fourth-order valence-electron chi connectivity index (χ4n) is 6.85. The summed E-state index contributed by atoms with van der Waals surface area (Å²) in [6.45, 7) is 11.1. The summed E-state index contributed by atoms with van der Waals surface area (Å²) in [5.74, 6) is 0. The van der Waals surface area contributed by atoms with E-state index < -0.39 is 0 Å². The molecule has 0 N–H and O–H groups in total. The summed E-state index contributed by atoms with van der Waals surface area (Å²) in [5.41, 5.74) is 3.55. The van der Waals surface area contributed by atoms with Crippen molar-refractivity contribution in [2.75, 3.05) is 0 Å². The Hall–Kier alpha value is -4.24. The van der Waals surface area contributed by atoms with Crippen LogP contribution in [0.3, 0.4) is 0 Å². The fourth-order valence-corrected chi connectivity index (χ4v) is 9.12. The van der Waals surface area contributed by atoms with Crippen LogP contribution in [0.1, 0.15) is 24.3 Å². The zero-order chi connectivity index (χ0) is 27.8. The molecule has 0 aliphatic carbocycles. The van der Waals surface area contributed by atoms with Crippen LogP contribution >= 0.6 is 22.7 Å². The molecule has 6 aromatic carbocycles. The van der Waals surface area contributed by atoms with E-state index in [1.165, 1.54) is 89.4 Å². The highest BCUT2D eigenvalue weighted by Crippen LogP contribution is 2.50. The molecular formula is C39H28S2. The van der Waals surface area contributed by atoms with E-state index in [-0.39, 0.29) is 0 Å². The van der Waals surface area contributed by atoms with Crippen LogP contribution in [0.15, 0.2) is 115 Å². The number of fused-ring (bicyclic) bond motifs is 7. The van der Waals surface area contributed by atoms with Crippen molar-refractivity contribution in [3.63, 3.8) is 0 Å². The largest absolute Gasteiger partial charge is 0.140 e. The van der Waals surface area contributed by atoms with Crippen LogP contribution in [0.5, 0.6) is 0 Å². The van der Waals surface area contributed by atoms with Crippen LogP contribution in [0.25, 0.3) is 78.9 Å². The maximum atomic E-state index is 4.62. The minimum Gasteiger partial charge on any atom is -0.140 e. The van der Waals surface area contributed by atoms with E-state index in [1.54, 1.807) is 0 Å². The first kappa shape index (κ1) is 24.5. The van der Waals surface area contributed by atoms with E-state index in [0.717, 1.165) is 5.57 Å². The van der Waals surface area contributed by atoms with Gasteiger partial charge in [0.05, 0.1) is 0 Å². The Labute approximate surface area is 247 Å². The predicted molar refractivity (Wildman–Crippen MR) is 187 cm³/mol. The maximum absolute atomic E-state index is 4.62. The molecule has 8 aromatic rings. The number of rotatable bonds is 3. The van der Waals surface area contributed by atoms with Gasteiger partial charge in [-0.25, -0.2) is 0 Å². The summed E-state index contributed by atoms with van der Waals surface area (Å²) in [6.07, 6.45) is 6.48. The first-order valence-electron chi connectivity index (χ1n) is 14.1. The lowest BCUT2D eigenvalue weighted by Gasteiger charge is -2.20. The van der Waals surface area contributed by atoms with Crippen molar-refractivity contribution in [1.29, 1.82) is 0 Å². The Morgan fingerprint density at radius 3 is 2.02 bits per heavy atom. The average Bonchev–Trinajstić information content (AvgIpc) is 2.97. The molecule has 0 radical (unpaired) electrons. The molecule has 0 nitrogen and oxygen atoms in total. The molecular weight excluding hydrogens is 533 g/mol. The topological polar surface area (TPSA) is 0 Å². The highest BCUT2D eigenvalue weighted by Gasteiger charge is 2.21. The van der Waals surface area contributed by atoms with Crippen LogP contribution in [0.4, 0.5) is 0 Å². The molecule has 0 atom stereocenters. The zero-order valence-electron chi connectivity index (χ0n) is 23.3. The normalized spacial score (nSPS) is 12.9. The van der Waals surface area contributed by atoms with E-state index in [1.807, 2.05) is 22.7 Å². The Morgan fingerprint density at radius 2 is 1.27 bits per heavy atom. The highest BCUT2D eigenvalue weighted by molar-refractivity contribution is 7.25. The van der Waals surface area contributed by atoms with E-state index in [4.69, 9.17) is 0 Å². The van der Waals surface area contributed by atoms with E-state index in [9.17, 15) is 0 Å². The number of allylic oxidation sites excluding steroid dienone is 5. The zero-order valence-corrected chi connectivity index (χ0v) is 25.0.